The first-order valence-corrected chi connectivity index (χ1v) is 15.2. The first kappa shape index (κ1) is 30.6. The van der Waals surface area contributed by atoms with Crippen LogP contribution in [-0.2, 0) is 27.1 Å². The Labute approximate surface area is 264 Å². The Morgan fingerprint density at radius 2 is 1.69 bits per heavy atom. The number of thioether (sulfide) groups is 1. The number of halogens is 4. The highest BCUT2D eigenvalue weighted by Crippen LogP contribution is 2.54. The van der Waals surface area contributed by atoms with Crippen LogP contribution in [0.1, 0.15) is 21.9 Å². The second-order valence-corrected chi connectivity index (χ2v) is 12.7. The number of aromatic nitrogens is 1. The summed E-state index contributed by atoms with van der Waals surface area (Å²) in [6, 6.07) is 15.6. The summed E-state index contributed by atoms with van der Waals surface area (Å²) in [4.78, 5) is 65.3. The monoisotopic (exact) mass is 674 g/mol. The molecule has 4 aromatic rings. The van der Waals surface area contributed by atoms with Crippen LogP contribution < -0.4 is 15.1 Å². The fourth-order valence-corrected chi connectivity index (χ4v) is 8.28. The molecule has 230 valence electrons. The van der Waals surface area contributed by atoms with E-state index in [0.29, 0.717) is 15.5 Å². The molecule has 1 aromatic heterocycles. The number of anilines is 2. The molecule has 2 unspecified atom stereocenters. The quantitative estimate of drug-likeness (QED) is 0.152. The minimum Gasteiger partial charge on any atom is -0.325 e. The number of benzene rings is 3. The fraction of sp³-hybridized carbons (Fsp3) is 0.172. The highest BCUT2D eigenvalue weighted by molar-refractivity contribution is 8.00. The SMILES string of the molecule is O=C(Cn1c2c(sc1=O)[C@@H](c1ccc(Cl)cc1)C1C(=O)N(c3ccc([N+](=O)[O-])cc3)C(=O)C1S2)Nc1cccc(C(F)(F)F)c1. The first-order chi connectivity index (χ1) is 21.3. The smallest absolute Gasteiger partial charge is 0.325 e. The maximum absolute atomic E-state index is 13.9. The lowest BCUT2D eigenvalue weighted by Gasteiger charge is -2.30. The van der Waals surface area contributed by atoms with Gasteiger partial charge in [-0.2, -0.15) is 13.2 Å². The van der Waals surface area contributed by atoms with E-state index in [4.69, 9.17) is 11.6 Å². The summed E-state index contributed by atoms with van der Waals surface area (Å²) in [6.07, 6.45) is -4.62. The number of fused-ring (bicyclic) bond motifs is 2. The van der Waals surface area contributed by atoms with Crippen molar-refractivity contribution in [1.29, 1.82) is 0 Å². The molecule has 3 amide bonds. The predicted molar refractivity (Wildman–Crippen MR) is 161 cm³/mol. The Morgan fingerprint density at radius 1 is 1.00 bits per heavy atom. The second-order valence-electron chi connectivity index (χ2n) is 10.1. The molecule has 10 nitrogen and oxygen atoms in total. The van der Waals surface area contributed by atoms with Gasteiger partial charge >= 0.3 is 11.0 Å². The zero-order valence-corrected chi connectivity index (χ0v) is 24.9. The van der Waals surface area contributed by atoms with Gasteiger partial charge < -0.3 is 5.32 Å². The number of nitrogens with zero attached hydrogens (tertiary/aromatic N) is 3. The Morgan fingerprint density at radius 3 is 2.33 bits per heavy atom. The van der Waals surface area contributed by atoms with E-state index in [1.54, 1.807) is 24.3 Å². The third kappa shape index (κ3) is 5.62. The van der Waals surface area contributed by atoms with E-state index in [-0.39, 0.29) is 22.1 Å². The topological polar surface area (TPSA) is 132 Å². The van der Waals surface area contributed by atoms with E-state index < -0.39 is 62.9 Å². The van der Waals surface area contributed by atoms with E-state index in [1.807, 2.05) is 0 Å². The lowest BCUT2D eigenvalue weighted by Crippen LogP contribution is -2.33. The molecule has 1 fully saturated rings. The van der Waals surface area contributed by atoms with E-state index in [1.165, 1.54) is 30.3 Å². The van der Waals surface area contributed by atoms with Crippen molar-refractivity contribution in [3.8, 4) is 0 Å². The number of amides is 3. The average molecular weight is 675 g/mol. The van der Waals surface area contributed by atoms with Crippen molar-refractivity contribution in [2.75, 3.05) is 10.2 Å². The molecule has 3 heterocycles. The van der Waals surface area contributed by atoms with Gasteiger partial charge in [0.25, 0.3) is 5.69 Å². The summed E-state index contributed by atoms with van der Waals surface area (Å²) in [6.45, 7) is -0.563. The van der Waals surface area contributed by atoms with Gasteiger partial charge in [0, 0.05) is 33.6 Å². The number of rotatable bonds is 6. The molecule has 0 spiro atoms. The molecule has 6 rings (SSSR count). The van der Waals surface area contributed by atoms with Gasteiger partial charge in [-0.05, 0) is 48.0 Å². The fourth-order valence-electron chi connectivity index (χ4n) is 5.38. The van der Waals surface area contributed by atoms with Crippen molar-refractivity contribution in [3.63, 3.8) is 0 Å². The molecule has 2 aliphatic rings. The molecule has 0 radical (unpaired) electrons. The van der Waals surface area contributed by atoms with Crippen LogP contribution in [0.2, 0.25) is 5.02 Å². The number of non-ortho nitro benzene ring substituents is 1. The molecule has 1 saturated heterocycles. The molecule has 3 atom stereocenters. The summed E-state index contributed by atoms with van der Waals surface area (Å²) in [5.41, 5.74) is -0.571. The number of carbonyl (C=O) groups excluding carboxylic acids is 3. The van der Waals surface area contributed by atoms with E-state index in [9.17, 15) is 42.5 Å². The Bertz CT molecular complexity index is 1930. The van der Waals surface area contributed by atoms with Crippen molar-refractivity contribution in [2.45, 2.75) is 28.9 Å². The van der Waals surface area contributed by atoms with E-state index >= 15 is 0 Å². The molecular formula is C29H18ClF3N4O6S2. The molecule has 3 aromatic carbocycles. The second kappa shape index (κ2) is 11.5. The molecule has 1 N–H and O–H groups in total. The van der Waals surface area contributed by atoms with Crippen LogP contribution in [-0.4, -0.2) is 32.5 Å². The summed E-state index contributed by atoms with van der Waals surface area (Å²) < 4.78 is 40.6. The van der Waals surface area contributed by atoms with Crippen LogP contribution in [0, 0.1) is 16.0 Å². The minimum absolute atomic E-state index is 0.117. The molecule has 0 saturated carbocycles. The van der Waals surface area contributed by atoms with E-state index in [2.05, 4.69) is 5.32 Å². The van der Waals surface area contributed by atoms with Gasteiger partial charge in [-0.25, -0.2) is 4.90 Å². The normalized spacial score (nSPS) is 19.3. The standard InChI is InChI=1S/C29H18ClF3N4O6S2/c30-16-6-4-14(5-7-16)21-22-23(26(40)36(25(22)39)18-8-10-19(11-9-18)37(42)43)44-27-24(21)45-28(41)35(27)13-20(38)34-17-3-1-2-15(12-17)29(31,32)33/h1-12,21-23H,13H2,(H,34,38)/t21-,22?,23?/m0/s1. The predicted octanol–water partition coefficient (Wildman–Crippen LogP) is 5.92. The van der Waals surface area contributed by atoms with Gasteiger partial charge in [-0.15, -0.1) is 0 Å². The van der Waals surface area contributed by atoms with Crippen molar-refractivity contribution in [1.82, 2.24) is 4.57 Å². The van der Waals surface area contributed by atoms with Gasteiger partial charge in [-0.1, -0.05) is 52.9 Å². The van der Waals surface area contributed by atoms with Gasteiger partial charge in [0.1, 0.15) is 11.8 Å². The van der Waals surface area contributed by atoms with Crippen molar-refractivity contribution >= 4 is 69.5 Å². The molecule has 2 aliphatic heterocycles. The lowest BCUT2D eigenvalue weighted by molar-refractivity contribution is -0.384. The lowest BCUT2D eigenvalue weighted by atomic mass is 9.83. The number of alkyl halides is 3. The zero-order valence-electron chi connectivity index (χ0n) is 22.5. The van der Waals surface area contributed by atoms with Crippen molar-refractivity contribution in [3.05, 3.63) is 114 Å². The molecule has 0 aliphatic carbocycles. The van der Waals surface area contributed by atoms with Crippen LogP contribution in [0.5, 0.6) is 0 Å². The minimum atomic E-state index is -4.62. The number of hydrogen-bond acceptors (Lipinski definition) is 8. The number of nitrogens with one attached hydrogen (secondary N) is 1. The Kier molecular flexibility index (Phi) is 7.79. The van der Waals surface area contributed by atoms with Crippen LogP contribution in [0.3, 0.4) is 0 Å². The summed E-state index contributed by atoms with van der Waals surface area (Å²) in [7, 11) is 0. The number of imide groups is 1. The molecule has 45 heavy (non-hydrogen) atoms. The van der Waals surface area contributed by atoms with Gasteiger partial charge in [0.05, 0.1) is 27.1 Å². The van der Waals surface area contributed by atoms with Gasteiger partial charge in [-0.3, -0.25) is 33.9 Å². The number of thiazole rings is 1. The Balaban J connectivity index is 1.37. The molecule has 16 heteroatoms. The summed E-state index contributed by atoms with van der Waals surface area (Å²) in [5, 5.41) is 13.2. The Hall–Kier alpha value is -4.47. The highest BCUT2D eigenvalue weighted by atomic mass is 35.5. The number of hydrogen-bond donors (Lipinski definition) is 1. The van der Waals surface area contributed by atoms with Gasteiger partial charge in [0.2, 0.25) is 17.7 Å². The van der Waals surface area contributed by atoms with Crippen LogP contribution in [0.25, 0.3) is 0 Å². The van der Waals surface area contributed by atoms with E-state index in [0.717, 1.165) is 50.8 Å². The maximum Gasteiger partial charge on any atom is 0.416 e. The summed E-state index contributed by atoms with van der Waals surface area (Å²) in [5.74, 6) is -3.69. The summed E-state index contributed by atoms with van der Waals surface area (Å²) >= 11 is 7.85. The maximum atomic E-state index is 13.9. The highest BCUT2D eigenvalue weighted by Gasteiger charge is 2.56. The number of nitro benzene ring substituents is 1. The van der Waals surface area contributed by atoms with Crippen molar-refractivity contribution < 1.29 is 32.5 Å². The zero-order chi connectivity index (χ0) is 32.2. The molecular weight excluding hydrogens is 657 g/mol. The molecule has 0 bridgehead atoms. The third-order valence-corrected chi connectivity index (χ3v) is 10.2. The van der Waals surface area contributed by atoms with Crippen molar-refractivity contribution in [2.24, 2.45) is 5.92 Å². The average Bonchev–Trinajstić information content (AvgIpc) is 3.43. The largest absolute Gasteiger partial charge is 0.416 e. The first-order valence-electron chi connectivity index (χ1n) is 13.1. The number of carbonyl (C=O) groups is 3. The van der Waals surface area contributed by atoms with Crippen LogP contribution >= 0.6 is 34.7 Å². The third-order valence-electron chi connectivity index (χ3n) is 7.37. The van der Waals surface area contributed by atoms with Crippen LogP contribution in [0.4, 0.5) is 30.2 Å². The van der Waals surface area contributed by atoms with Gasteiger partial charge in [0.15, 0.2) is 0 Å². The number of nitro groups is 1. The van der Waals surface area contributed by atoms with Crippen LogP contribution in [0.15, 0.2) is 82.6 Å².